The normalized spacial score (nSPS) is 11.2. The highest BCUT2D eigenvalue weighted by Gasteiger charge is 1.99. The van der Waals surface area contributed by atoms with Crippen molar-refractivity contribution in [3.8, 4) is 5.75 Å². The van der Waals surface area contributed by atoms with E-state index >= 15 is 0 Å². The maximum Gasteiger partial charge on any atom is 0.119 e. The predicted molar refractivity (Wildman–Crippen MR) is 78.5 cm³/mol. The Morgan fingerprint density at radius 2 is 1.84 bits per heavy atom. The summed E-state index contributed by atoms with van der Waals surface area (Å²) in [5.74, 6) is 0.839. The molecule has 0 aliphatic carbocycles. The third-order valence-corrected chi connectivity index (χ3v) is 3.05. The number of benzene rings is 2. The van der Waals surface area contributed by atoms with Crippen LogP contribution in [0.2, 0.25) is 0 Å². The Hall–Kier alpha value is -2.55. The van der Waals surface area contributed by atoms with Crippen molar-refractivity contribution in [3.63, 3.8) is 0 Å². The molecule has 0 spiro atoms. The molecular formula is C16H14N2O. The number of nitrogens with zero attached hydrogens (tertiary/aromatic N) is 1. The fourth-order valence-corrected chi connectivity index (χ4v) is 2.01. The van der Waals surface area contributed by atoms with Gasteiger partial charge in [-0.25, -0.2) is 0 Å². The van der Waals surface area contributed by atoms with Gasteiger partial charge < -0.3 is 9.72 Å². The summed E-state index contributed by atoms with van der Waals surface area (Å²) in [5.41, 5.74) is 3.12. The molecule has 0 amide bonds. The fourth-order valence-electron chi connectivity index (χ4n) is 2.01. The SMILES string of the molecule is COc1ccc(N=Cc2c[nH]c3ccccc23)cc1. The zero-order valence-corrected chi connectivity index (χ0v) is 10.6. The third kappa shape index (κ3) is 2.36. The third-order valence-electron chi connectivity index (χ3n) is 3.05. The van der Waals surface area contributed by atoms with Crippen LogP contribution in [0.15, 0.2) is 59.7 Å². The highest BCUT2D eigenvalue weighted by molar-refractivity contribution is 5.99. The first-order chi connectivity index (χ1) is 9.36. The van der Waals surface area contributed by atoms with Crippen molar-refractivity contribution >= 4 is 22.8 Å². The van der Waals surface area contributed by atoms with Crippen LogP contribution in [0.1, 0.15) is 5.56 Å². The zero-order valence-electron chi connectivity index (χ0n) is 10.6. The number of nitrogens with one attached hydrogen (secondary N) is 1. The predicted octanol–water partition coefficient (Wildman–Crippen LogP) is 3.93. The molecule has 3 rings (SSSR count). The minimum Gasteiger partial charge on any atom is -0.497 e. The molecule has 0 fully saturated rings. The number of aromatic nitrogens is 1. The molecule has 0 aliphatic rings. The summed E-state index contributed by atoms with van der Waals surface area (Å²) in [4.78, 5) is 7.71. The van der Waals surface area contributed by atoms with Gasteiger partial charge in [-0.1, -0.05) is 18.2 Å². The van der Waals surface area contributed by atoms with Crippen LogP contribution < -0.4 is 4.74 Å². The summed E-state index contributed by atoms with van der Waals surface area (Å²) >= 11 is 0. The number of rotatable bonds is 3. The van der Waals surface area contributed by atoms with E-state index in [9.17, 15) is 0 Å². The van der Waals surface area contributed by atoms with Gasteiger partial charge in [0.05, 0.1) is 12.8 Å². The van der Waals surface area contributed by atoms with Gasteiger partial charge in [-0.2, -0.15) is 0 Å². The number of hydrogen-bond donors (Lipinski definition) is 1. The van der Waals surface area contributed by atoms with Crippen LogP contribution in [0.3, 0.4) is 0 Å². The first kappa shape index (κ1) is 11.5. The Morgan fingerprint density at radius 3 is 2.63 bits per heavy atom. The van der Waals surface area contributed by atoms with Crippen LogP contribution in [0.5, 0.6) is 5.75 Å². The first-order valence-electron chi connectivity index (χ1n) is 6.11. The maximum absolute atomic E-state index is 5.12. The molecule has 0 bridgehead atoms. The summed E-state index contributed by atoms with van der Waals surface area (Å²) in [7, 11) is 1.66. The fraction of sp³-hybridized carbons (Fsp3) is 0.0625. The quantitative estimate of drug-likeness (QED) is 0.703. The van der Waals surface area contributed by atoms with E-state index in [1.54, 1.807) is 7.11 Å². The van der Waals surface area contributed by atoms with Crippen LogP contribution in [0.25, 0.3) is 10.9 Å². The molecule has 94 valence electrons. The average molecular weight is 250 g/mol. The molecule has 3 nitrogen and oxygen atoms in total. The van der Waals surface area contributed by atoms with Crippen LogP contribution in [0.4, 0.5) is 5.69 Å². The number of ether oxygens (including phenoxy) is 1. The molecular weight excluding hydrogens is 236 g/mol. The smallest absolute Gasteiger partial charge is 0.119 e. The zero-order chi connectivity index (χ0) is 13.1. The Kier molecular flexibility index (Phi) is 3.02. The van der Waals surface area contributed by atoms with Gasteiger partial charge in [0.15, 0.2) is 0 Å². The second kappa shape index (κ2) is 4.98. The Bertz CT molecular complexity index is 711. The summed E-state index contributed by atoms with van der Waals surface area (Å²) < 4.78 is 5.12. The van der Waals surface area contributed by atoms with Gasteiger partial charge in [-0.05, 0) is 30.3 Å². The summed E-state index contributed by atoms with van der Waals surface area (Å²) in [6, 6.07) is 15.9. The highest BCUT2D eigenvalue weighted by Crippen LogP contribution is 2.19. The van der Waals surface area contributed by atoms with Gasteiger partial charge in [0, 0.05) is 28.9 Å². The van der Waals surface area contributed by atoms with Gasteiger partial charge in [0.1, 0.15) is 5.75 Å². The van der Waals surface area contributed by atoms with E-state index in [1.807, 2.05) is 48.8 Å². The number of fused-ring (bicyclic) bond motifs is 1. The summed E-state index contributed by atoms with van der Waals surface area (Å²) in [6.07, 6.45) is 3.85. The lowest BCUT2D eigenvalue weighted by Crippen LogP contribution is -1.80. The van der Waals surface area contributed by atoms with Gasteiger partial charge in [0.25, 0.3) is 0 Å². The molecule has 2 aromatic carbocycles. The van der Waals surface area contributed by atoms with Crippen molar-refractivity contribution in [2.45, 2.75) is 0 Å². The van der Waals surface area contributed by atoms with Gasteiger partial charge >= 0.3 is 0 Å². The van der Waals surface area contributed by atoms with E-state index in [2.05, 4.69) is 22.1 Å². The van der Waals surface area contributed by atoms with E-state index in [4.69, 9.17) is 4.74 Å². The second-order valence-corrected chi connectivity index (χ2v) is 4.25. The lowest BCUT2D eigenvalue weighted by Gasteiger charge is -1.98. The van der Waals surface area contributed by atoms with Crippen molar-refractivity contribution in [1.82, 2.24) is 4.98 Å². The molecule has 0 aliphatic heterocycles. The Morgan fingerprint density at radius 1 is 1.05 bits per heavy atom. The van der Waals surface area contributed by atoms with E-state index in [-0.39, 0.29) is 0 Å². The number of H-pyrrole nitrogens is 1. The molecule has 0 saturated carbocycles. The lowest BCUT2D eigenvalue weighted by atomic mass is 10.2. The van der Waals surface area contributed by atoms with E-state index in [1.165, 1.54) is 5.39 Å². The first-order valence-corrected chi connectivity index (χ1v) is 6.11. The molecule has 3 heteroatoms. The van der Waals surface area contributed by atoms with E-state index in [0.717, 1.165) is 22.5 Å². The van der Waals surface area contributed by atoms with Gasteiger partial charge in [0.2, 0.25) is 0 Å². The number of para-hydroxylation sites is 1. The lowest BCUT2D eigenvalue weighted by molar-refractivity contribution is 0.415. The highest BCUT2D eigenvalue weighted by atomic mass is 16.5. The minimum absolute atomic E-state index is 0.839. The van der Waals surface area contributed by atoms with Crippen molar-refractivity contribution in [3.05, 3.63) is 60.3 Å². The Labute approximate surface area is 111 Å². The number of aliphatic imine (C=N–C) groups is 1. The largest absolute Gasteiger partial charge is 0.497 e. The Balaban J connectivity index is 1.89. The molecule has 1 aromatic heterocycles. The molecule has 19 heavy (non-hydrogen) atoms. The maximum atomic E-state index is 5.12. The molecule has 0 unspecified atom stereocenters. The molecule has 3 aromatic rings. The molecule has 0 saturated heterocycles. The van der Waals surface area contributed by atoms with Gasteiger partial charge in [-0.15, -0.1) is 0 Å². The van der Waals surface area contributed by atoms with Crippen LogP contribution in [-0.2, 0) is 0 Å². The average Bonchev–Trinajstić information content (AvgIpc) is 2.89. The number of methoxy groups -OCH3 is 1. The topological polar surface area (TPSA) is 37.4 Å². The molecule has 1 heterocycles. The standard InChI is InChI=1S/C16H14N2O/c1-19-14-8-6-13(7-9-14)17-10-12-11-18-16-5-3-2-4-15(12)16/h2-11,18H,1H3. The summed E-state index contributed by atoms with van der Waals surface area (Å²) in [5, 5.41) is 1.18. The van der Waals surface area contributed by atoms with Crippen LogP contribution in [0, 0.1) is 0 Å². The van der Waals surface area contributed by atoms with Crippen molar-refractivity contribution in [2.75, 3.05) is 7.11 Å². The number of aromatic amines is 1. The van der Waals surface area contributed by atoms with Crippen LogP contribution >= 0.6 is 0 Å². The van der Waals surface area contributed by atoms with Crippen molar-refractivity contribution in [1.29, 1.82) is 0 Å². The monoisotopic (exact) mass is 250 g/mol. The van der Waals surface area contributed by atoms with Crippen molar-refractivity contribution in [2.24, 2.45) is 4.99 Å². The molecule has 1 N–H and O–H groups in total. The van der Waals surface area contributed by atoms with E-state index in [0.29, 0.717) is 0 Å². The minimum atomic E-state index is 0.839. The van der Waals surface area contributed by atoms with Crippen LogP contribution in [-0.4, -0.2) is 18.3 Å². The van der Waals surface area contributed by atoms with Gasteiger partial charge in [-0.3, -0.25) is 4.99 Å². The second-order valence-electron chi connectivity index (χ2n) is 4.25. The molecule has 0 radical (unpaired) electrons. The van der Waals surface area contributed by atoms with Crippen molar-refractivity contribution < 1.29 is 4.74 Å². The summed E-state index contributed by atoms with van der Waals surface area (Å²) in [6.45, 7) is 0. The van der Waals surface area contributed by atoms with E-state index < -0.39 is 0 Å². The number of hydrogen-bond acceptors (Lipinski definition) is 2. The molecule has 0 atom stereocenters.